The first-order valence-electron chi connectivity index (χ1n) is 9.41. The number of hydrogen-bond acceptors (Lipinski definition) is 6. The van der Waals surface area contributed by atoms with Crippen LogP contribution in [0, 0.1) is 0 Å². The number of hydrogen-bond donors (Lipinski definition) is 2. The van der Waals surface area contributed by atoms with Crippen LogP contribution in [-0.4, -0.2) is 19.3 Å². The Balaban J connectivity index is 1.39. The smallest absolute Gasteiger partial charge is 0.241 e. The van der Waals surface area contributed by atoms with Gasteiger partial charge >= 0.3 is 0 Å². The van der Waals surface area contributed by atoms with Gasteiger partial charge in [-0.3, -0.25) is 4.79 Å². The highest BCUT2D eigenvalue weighted by Gasteiger charge is 2.16. The molecule has 0 radical (unpaired) electrons. The van der Waals surface area contributed by atoms with Crippen LogP contribution in [0.3, 0.4) is 0 Å². The molecule has 2 N–H and O–H groups in total. The molecule has 2 heterocycles. The van der Waals surface area contributed by atoms with Crippen LogP contribution in [0.2, 0.25) is 0 Å². The molecule has 8 nitrogen and oxygen atoms in total. The number of sulfonamides is 1. The number of furan rings is 1. The van der Waals surface area contributed by atoms with Gasteiger partial charge in [-0.2, -0.15) is 0 Å². The summed E-state index contributed by atoms with van der Waals surface area (Å²) in [6.07, 6.45) is 2.89. The summed E-state index contributed by atoms with van der Waals surface area (Å²) in [6.45, 7) is 0.0296. The van der Waals surface area contributed by atoms with E-state index in [0.717, 1.165) is 5.56 Å². The number of oxazole rings is 1. The van der Waals surface area contributed by atoms with Crippen LogP contribution in [0.25, 0.3) is 11.5 Å². The Hall–Kier alpha value is -3.69. The van der Waals surface area contributed by atoms with Crippen molar-refractivity contribution in [3.05, 3.63) is 90.7 Å². The normalized spacial score (nSPS) is 11.4. The highest BCUT2D eigenvalue weighted by atomic mass is 32.2. The van der Waals surface area contributed by atoms with Gasteiger partial charge in [-0.1, -0.05) is 24.3 Å². The summed E-state index contributed by atoms with van der Waals surface area (Å²) in [5.74, 6) is 0.584. The van der Waals surface area contributed by atoms with Crippen molar-refractivity contribution < 1.29 is 22.0 Å². The standard InChI is InChI=1S/C22H19N3O5S/c26-21(13-18-15-30-22(25-18)16-6-2-1-3-7-16)24-17-8-4-10-20(12-17)31(27,28)23-14-19-9-5-11-29-19/h1-12,15,23H,13-14H2,(H,24,26). The lowest BCUT2D eigenvalue weighted by molar-refractivity contribution is -0.115. The predicted octanol–water partition coefficient (Wildman–Crippen LogP) is 3.59. The van der Waals surface area contributed by atoms with E-state index in [4.69, 9.17) is 8.83 Å². The minimum atomic E-state index is -3.77. The zero-order valence-corrected chi connectivity index (χ0v) is 17.1. The zero-order valence-electron chi connectivity index (χ0n) is 16.3. The average molecular weight is 437 g/mol. The van der Waals surface area contributed by atoms with Crippen molar-refractivity contribution in [2.75, 3.05) is 5.32 Å². The number of rotatable bonds is 8. The third-order valence-corrected chi connectivity index (χ3v) is 5.76. The quantitative estimate of drug-likeness (QED) is 0.435. The minimum absolute atomic E-state index is 0.00987. The minimum Gasteiger partial charge on any atom is -0.468 e. The predicted molar refractivity (Wildman–Crippen MR) is 113 cm³/mol. The molecular weight excluding hydrogens is 418 g/mol. The van der Waals surface area contributed by atoms with Crippen LogP contribution in [0.5, 0.6) is 0 Å². The fourth-order valence-electron chi connectivity index (χ4n) is 2.87. The van der Waals surface area contributed by atoms with Crippen molar-refractivity contribution in [2.45, 2.75) is 17.9 Å². The Bertz CT molecular complexity index is 1270. The summed E-state index contributed by atoms with van der Waals surface area (Å²) in [4.78, 5) is 16.8. The Morgan fingerprint density at radius 1 is 0.968 bits per heavy atom. The number of benzene rings is 2. The van der Waals surface area contributed by atoms with Gasteiger partial charge in [0.2, 0.25) is 21.8 Å². The van der Waals surface area contributed by atoms with Crippen molar-refractivity contribution >= 4 is 21.6 Å². The van der Waals surface area contributed by atoms with E-state index in [9.17, 15) is 13.2 Å². The number of anilines is 1. The van der Waals surface area contributed by atoms with Crippen molar-refractivity contribution in [3.8, 4) is 11.5 Å². The number of amides is 1. The van der Waals surface area contributed by atoms with E-state index in [1.54, 1.807) is 24.3 Å². The highest BCUT2D eigenvalue weighted by molar-refractivity contribution is 7.89. The van der Waals surface area contributed by atoms with Crippen molar-refractivity contribution in [1.29, 1.82) is 0 Å². The van der Waals surface area contributed by atoms with Crippen LogP contribution in [-0.2, 0) is 27.8 Å². The Morgan fingerprint density at radius 2 is 1.81 bits per heavy atom. The average Bonchev–Trinajstić information content (AvgIpc) is 3.45. The molecule has 0 spiro atoms. The second-order valence-corrected chi connectivity index (χ2v) is 8.43. The first-order chi connectivity index (χ1) is 15.0. The molecule has 0 saturated carbocycles. The number of carbonyl (C=O) groups excluding carboxylic acids is 1. The van der Waals surface area contributed by atoms with E-state index in [1.807, 2.05) is 30.3 Å². The maximum Gasteiger partial charge on any atom is 0.241 e. The van der Waals surface area contributed by atoms with Gasteiger partial charge in [0.15, 0.2) is 0 Å². The van der Waals surface area contributed by atoms with E-state index >= 15 is 0 Å². The molecule has 0 aliphatic rings. The summed E-state index contributed by atoms with van der Waals surface area (Å²) >= 11 is 0. The summed E-state index contributed by atoms with van der Waals surface area (Å²) in [7, 11) is -3.77. The van der Waals surface area contributed by atoms with Crippen molar-refractivity contribution in [3.63, 3.8) is 0 Å². The van der Waals surface area contributed by atoms with Crippen LogP contribution < -0.4 is 10.0 Å². The van der Waals surface area contributed by atoms with Crippen LogP contribution in [0.15, 0.2) is 93.0 Å². The molecule has 2 aromatic heterocycles. The van der Waals surface area contributed by atoms with Gasteiger partial charge in [0.05, 0.1) is 29.8 Å². The lowest BCUT2D eigenvalue weighted by Crippen LogP contribution is -2.23. The first-order valence-corrected chi connectivity index (χ1v) is 10.9. The number of nitrogens with one attached hydrogen (secondary N) is 2. The summed E-state index contributed by atoms with van der Waals surface area (Å²) in [5.41, 5.74) is 1.65. The van der Waals surface area contributed by atoms with Gasteiger partial charge in [-0.05, 0) is 42.5 Å². The van der Waals surface area contributed by atoms with Gasteiger partial charge in [0.25, 0.3) is 0 Å². The fourth-order valence-corrected chi connectivity index (χ4v) is 3.91. The van der Waals surface area contributed by atoms with Crippen molar-refractivity contribution in [1.82, 2.24) is 9.71 Å². The SMILES string of the molecule is O=C(Cc1coc(-c2ccccc2)n1)Nc1cccc(S(=O)(=O)NCc2ccco2)c1. The first kappa shape index (κ1) is 20.6. The molecular formula is C22H19N3O5S. The van der Waals surface area contributed by atoms with E-state index < -0.39 is 10.0 Å². The second-order valence-electron chi connectivity index (χ2n) is 6.67. The Kier molecular flexibility index (Phi) is 5.96. The fraction of sp³-hybridized carbons (Fsp3) is 0.0909. The van der Waals surface area contributed by atoms with E-state index in [1.165, 1.54) is 24.7 Å². The third-order valence-electron chi connectivity index (χ3n) is 4.36. The molecule has 0 unspecified atom stereocenters. The summed E-state index contributed by atoms with van der Waals surface area (Å²) in [5, 5.41) is 2.69. The Morgan fingerprint density at radius 3 is 2.58 bits per heavy atom. The lowest BCUT2D eigenvalue weighted by Gasteiger charge is -2.08. The molecule has 0 atom stereocenters. The molecule has 0 bridgehead atoms. The molecule has 4 rings (SSSR count). The number of nitrogens with zero attached hydrogens (tertiary/aromatic N) is 1. The molecule has 0 fully saturated rings. The van der Waals surface area contributed by atoms with Crippen LogP contribution >= 0.6 is 0 Å². The molecule has 1 amide bonds. The highest BCUT2D eigenvalue weighted by Crippen LogP contribution is 2.19. The molecule has 31 heavy (non-hydrogen) atoms. The number of carbonyl (C=O) groups is 1. The largest absolute Gasteiger partial charge is 0.468 e. The van der Waals surface area contributed by atoms with Gasteiger partial charge < -0.3 is 14.2 Å². The van der Waals surface area contributed by atoms with E-state index in [0.29, 0.717) is 23.0 Å². The second kappa shape index (κ2) is 8.99. The maximum absolute atomic E-state index is 12.5. The van der Waals surface area contributed by atoms with Gasteiger partial charge in [-0.25, -0.2) is 18.1 Å². The maximum atomic E-state index is 12.5. The summed E-state index contributed by atoms with van der Waals surface area (Å²) < 4.78 is 38.0. The molecule has 4 aromatic rings. The van der Waals surface area contributed by atoms with Crippen LogP contribution in [0.1, 0.15) is 11.5 Å². The van der Waals surface area contributed by atoms with Gasteiger partial charge in [0.1, 0.15) is 12.0 Å². The molecule has 0 aliphatic carbocycles. The van der Waals surface area contributed by atoms with E-state index in [-0.39, 0.29) is 23.8 Å². The molecule has 9 heteroatoms. The third kappa shape index (κ3) is 5.27. The molecule has 0 saturated heterocycles. The van der Waals surface area contributed by atoms with Gasteiger partial charge in [-0.15, -0.1) is 0 Å². The van der Waals surface area contributed by atoms with Crippen LogP contribution in [0.4, 0.5) is 5.69 Å². The Labute approximate surface area is 179 Å². The van der Waals surface area contributed by atoms with Crippen molar-refractivity contribution in [2.24, 2.45) is 0 Å². The molecule has 158 valence electrons. The summed E-state index contributed by atoms with van der Waals surface area (Å²) in [6, 6.07) is 18.7. The molecule has 0 aliphatic heterocycles. The monoisotopic (exact) mass is 437 g/mol. The number of aromatic nitrogens is 1. The zero-order chi connectivity index (χ0) is 21.7. The molecule has 2 aromatic carbocycles. The lowest BCUT2D eigenvalue weighted by atomic mass is 10.2. The van der Waals surface area contributed by atoms with Gasteiger partial charge in [0, 0.05) is 11.3 Å². The topological polar surface area (TPSA) is 114 Å². The van der Waals surface area contributed by atoms with E-state index in [2.05, 4.69) is 15.0 Å².